The standard InChI is InChI=1S/C15H20N2O3/c1-17(8-4-5-15(18)20-3)11-12-6-7-14(19-2)13(9-12)10-16/h6-7,9H,4-5,8,11H2,1-3H3. The molecule has 0 atom stereocenters. The van der Waals surface area contributed by atoms with Crippen molar-refractivity contribution in [3.8, 4) is 11.8 Å². The number of benzene rings is 1. The van der Waals surface area contributed by atoms with Gasteiger partial charge in [-0.1, -0.05) is 6.07 Å². The summed E-state index contributed by atoms with van der Waals surface area (Å²) in [6.07, 6.45) is 1.18. The van der Waals surface area contributed by atoms with Gasteiger partial charge in [-0.2, -0.15) is 5.26 Å². The number of methoxy groups -OCH3 is 2. The van der Waals surface area contributed by atoms with E-state index in [4.69, 9.17) is 10.00 Å². The van der Waals surface area contributed by atoms with Crippen molar-refractivity contribution < 1.29 is 14.3 Å². The highest BCUT2D eigenvalue weighted by Crippen LogP contribution is 2.19. The maximum atomic E-state index is 11.0. The summed E-state index contributed by atoms with van der Waals surface area (Å²) in [7, 11) is 4.93. The van der Waals surface area contributed by atoms with E-state index in [1.807, 2.05) is 19.2 Å². The molecule has 0 spiro atoms. The maximum absolute atomic E-state index is 11.0. The van der Waals surface area contributed by atoms with Crippen molar-refractivity contribution >= 4 is 5.97 Å². The molecule has 0 amide bonds. The second kappa shape index (κ2) is 8.18. The Hall–Kier alpha value is -2.06. The SMILES string of the molecule is COC(=O)CCCN(C)Cc1ccc(OC)c(C#N)c1. The minimum absolute atomic E-state index is 0.186. The lowest BCUT2D eigenvalue weighted by atomic mass is 10.1. The number of carbonyl (C=O) groups excluding carboxylic acids is 1. The molecule has 0 saturated carbocycles. The third-order valence-electron chi connectivity index (χ3n) is 2.99. The predicted octanol–water partition coefficient (Wildman–Crippen LogP) is 1.95. The number of hydrogen-bond donors (Lipinski definition) is 0. The molecule has 5 nitrogen and oxygen atoms in total. The number of hydrogen-bond acceptors (Lipinski definition) is 5. The van der Waals surface area contributed by atoms with Crippen LogP contribution in [0.2, 0.25) is 0 Å². The van der Waals surface area contributed by atoms with E-state index in [0.29, 0.717) is 17.7 Å². The summed E-state index contributed by atoms with van der Waals surface area (Å²) in [5, 5.41) is 9.04. The number of esters is 1. The third kappa shape index (κ3) is 4.90. The van der Waals surface area contributed by atoms with Crippen LogP contribution in [0.3, 0.4) is 0 Å². The molecule has 0 unspecified atom stereocenters. The minimum atomic E-state index is -0.186. The number of nitriles is 1. The van der Waals surface area contributed by atoms with Crippen LogP contribution in [0.15, 0.2) is 18.2 Å². The molecule has 0 fully saturated rings. The Morgan fingerprint density at radius 2 is 2.15 bits per heavy atom. The van der Waals surface area contributed by atoms with Gasteiger partial charge in [-0.3, -0.25) is 4.79 Å². The normalized spacial score (nSPS) is 10.2. The number of ether oxygens (including phenoxy) is 2. The van der Waals surface area contributed by atoms with E-state index < -0.39 is 0 Å². The van der Waals surface area contributed by atoms with E-state index in [1.165, 1.54) is 7.11 Å². The lowest BCUT2D eigenvalue weighted by Crippen LogP contribution is -2.20. The van der Waals surface area contributed by atoms with Crippen molar-refractivity contribution in [1.29, 1.82) is 5.26 Å². The van der Waals surface area contributed by atoms with Crippen molar-refractivity contribution in [3.63, 3.8) is 0 Å². The molecule has 0 aliphatic carbocycles. The molecule has 0 aromatic heterocycles. The van der Waals surface area contributed by atoms with E-state index >= 15 is 0 Å². The molecule has 1 aromatic carbocycles. The third-order valence-corrected chi connectivity index (χ3v) is 2.99. The Morgan fingerprint density at radius 3 is 2.75 bits per heavy atom. The molecule has 5 heteroatoms. The van der Waals surface area contributed by atoms with Gasteiger partial charge >= 0.3 is 5.97 Å². The van der Waals surface area contributed by atoms with E-state index in [1.54, 1.807) is 13.2 Å². The van der Waals surface area contributed by atoms with Crippen LogP contribution in [-0.2, 0) is 16.1 Å². The first kappa shape index (κ1) is 16.0. The van der Waals surface area contributed by atoms with Crippen LogP contribution in [0.1, 0.15) is 24.0 Å². The van der Waals surface area contributed by atoms with Crippen LogP contribution in [0, 0.1) is 11.3 Å². The summed E-state index contributed by atoms with van der Waals surface area (Å²) in [5.74, 6) is 0.402. The van der Waals surface area contributed by atoms with Gasteiger partial charge in [-0.05, 0) is 37.7 Å². The van der Waals surface area contributed by atoms with Crippen molar-refractivity contribution in [1.82, 2.24) is 4.90 Å². The zero-order valence-corrected chi connectivity index (χ0v) is 12.2. The van der Waals surface area contributed by atoms with E-state index in [0.717, 1.165) is 25.1 Å². The second-order valence-electron chi connectivity index (χ2n) is 4.56. The van der Waals surface area contributed by atoms with Gasteiger partial charge in [0.25, 0.3) is 0 Å². The first-order valence-corrected chi connectivity index (χ1v) is 6.43. The molecule has 0 N–H and O–H groups in total. The fourth-order valence-electron chi connectivity index (χ4n) is 1.93. The smallest absolute Gasteiger partial charge is 0.305 e. The Balaban J connectivity index is 2.52. The number of carbonyl (C=O) groups is 1. The van der Waals surface area contributed by atoms with Crippen molar-refractivity contribution in [2.24, 2.45) is 0 Å². The summed E-state index contributed by atoms with van der Waals surface area (Å²) in [4.78, 5) is 13.1. The van der Waals surface area contributed by atoms with Gasteiger partial charge in [0.2, 0.25) is 0 Å². The highest BCUT2D eigenvalue weighted by molar-refractivity contribution is 5.69. The van der Waals surface area contributed by atoms with Gasteiger partial charge in [-0.25, -0.2) is 0 Å². The van der Waals surface area contributed by atoms with Crippen molar-refractivity contribution in [3.05, 3.63) is 29.3 Å². The zero-order chi connectivity index (χ0) is 15.0. The lowest BCUT2D eigenvalue weighted by Gasteiger charge is -2.16. The van der Waals surface area contributed by atoms with Crippen LogP contribution < -0.4 is 4.74 Å². The van der Waals surface area contributed by atoms with E-state index in [-0.39, 0.29) is 5.97 Å². The lowest BCUT2D eigenvalue weighted by molar-refractivity contribution is -0.140. The second-order valence-corrected chi connectivity index (χ2v) is 4.56. The molecule has 108 valence electrons. The molecule has 0 saturated heterocycles. The first-order chi connectivity index (χ1) is 9.60. The Bertz CT molecular complexity index is 494. The minimum Gasteiger partial charge on any atom is -0.495 e. The summed E-state index contributed by atoms with van der Waals surface area (Å²) < 4.78 is 9.71. The van der Waals surface area contributed by atoms with Crippen molar-refractivity contribution in [2.45, 2.75) is 19.4 Å². The van der Waals surface area contributed by atoms with Gasteiger partial charge in [-0.15, -0.1) is 0 Å². The van der Waals surface area contributed by atoms with Crippen LogP contribution >= 0.6 is 0 Å². The molecular formula is C15H20N2O3. The van der Waals surface area contributed by atoms with E-state index in [2.05, 4.69) is 15.7 Å². The quantitative estimate of drug-likeness (QED) is 0.712. The zero-order valence-electron chi connectivity index (χ0n) is 12.2. The average molecular weight is 276 g/mol. The highest BCUT2D eigenvalue weighted by Gasteiger charge is 2.07. The maximum Gasteiger partial charge on any atom is 0.305 e. The largest absolute Gasteiger partial charge is 0.495 e. The molecule has 0 radical (unpaired) electrons. The average Bonchev–Trinajstić information content (AvgIpc) is 2.46. The summed E-state index contributed by atoms with van der Waals surface area (Å²) in [5.41, 5.74) is 1.58. The fourth-order valence-corrected chi connectivity index (χ4v) is 1.93. The molecule has 20 heavy (non-hydrogen) atoms. The number of rotatable bonds is 7. The predicted molar refractivity (Wildman–Crippen MR) is 75.3 cm³/mol. The van der Waals surface area contributed by atoms with Crippen LogP contribution in [-0.4, -0.2) is 38.7 Å². The summed E-state index contributed by atoms with van der Waals surface area (Å²) in [6, 6.07) is 7.69. The van der Waals surface area contributed by atoms with Gasteiger partial charge in [0.05, 0.1) is 19.8 Å². The van der Waals surface area contributed by atoms with Crippen molar-refractivity contribution in [2.75, 3.05) is 27.8 Å². The van der Waals surface area contributed by atoms with Gasteiger partial charge in [0.1, 0.15) is 11.8 Å². The van der Waals surface area contributed by atoms with E-state index in [9.17, 15) is 4.79 Å². The first-order valence-electron chi connectivity index (χ1n) is 6.43. The number of nitrogens with zero attached hydrogens (tertiary/aromatic N) is 2. The van der Waals surface area contributed by atoms with Gasteiger partial charge in [0.15, 0.2) is 0 Å². The topological polar surface area (TPSA) is 62.6 Å². The van der Waals surface area contributed by atoms with Crippen LogP contribution in [0.25, 0.3) is 0 Å². The Labute approximate surface area is 119 Å². The molecule has 1 rings (SSSR count). The molecular weight excluding hydrogens is 256 g/mol. The Kier molecular flexibility index (Phi) is 6.54. The van der Waals surface area contributed by atoms with Gasteiger partial charge < -0.3 is 14.4 Å². The fraction of sp³-hybridized carbons (Fsp3) is 0.467. The van der Waals surface area contributed by atoms with Crippen LogP contribution in [0.4, 0.5) is 0 Å². The molecule has 0 heterocycles. The summed E-state index contributed by atoms with van der Waals surface area (Å²) >= 11 is 0. The molecule has 0 aliphatic rings. The Morgan fingerprint density at radius 1 is 1.40 bits per heavy atom. The highest BCUT2D eigenvalue weighted by atomic mass is 16.5. The monoisotopic (exact) mass is 276 g/mol. The molecule has 0 bridgehead atoms. The molecule has 0 aliphatic heterocycles. The van der Waals surface area contributed by atoms with Gasteiger partial charge in [0, 0.05) is 13.0 Å². The van der Waals surface area contributed by atoms with Crippen LogP contribution in [0.5, 0.6) is 5.75 Å². The summed E-state index contributed by atoms with van der Waals surface area (Å²) in [6.45, 7) is 1.52. The molecule has 1 aromatic rings.